The van der Waals surface area contributed by atoms with E-state index in [0.29, 0.717) is 11.3 Å². The molecule has 0 spiro atoms. The minimum atomic E-state index is -0.398. The molecule has 0 aliphatic carbocycles. The molecule has 0 bridgehead atoms. The van der Waals surface area contributed by atoms with E-state index in [1.165, 1.54) is 6.92 Å². The first-order valence-electron chi connectivity index (χ1n) is 10.6. The van der Waals surface area contributed by atoms with E-state index in [1.807, 2.05) is 54.6 Å². The maximum Gasteiger partial charge on any atom is 0.246 e. The lowest BCUT2D eigenvalue weighted by atomic mass is 10.0. The number of nitrogens with zero attached hydrogens (tertiary/aromatic N) is 1. The van der Waals surface area contributed by atoms with Crippen LogP contribution in [0, 0.1) is 0 Å². The van der Waals surface area contributed by atoms with Crippen LogP contribution < -0.4 is 10.6 Å². The van der Waals surface area contributed by atoms with Crippen LogP contribution in [-0.2, 0) is 4.79 Å². The van der Waals surface area contributed by atoms with Gasteiger partial charge in [0.2, 0.25) is 5.91 Å². The molecule has 1 amide bonds. The molecular formula is C26H27N3O2. The van der Waals surface area contributed by atoms with Gasteiger partial charge in [0.15, 0.2) is 5.78 Å². The lowest BCUT2D eigenvalue weighted by molar-refractivity contribution is -0.121. The molecule has 1 aliphatic heterocycles. The van der Waals surface area contributed by atoms with E-state index in [2.05, 4.69) is 27.7 Å². The maximum absolute atomic E-state index is 13.4. The van der Waals surface area contributed by atoms with Gasteiger partial charge in [-0.05, 0) is 43.2 Å². The zero-order valence-electron chi connectivity index (χ0n) is 17.6. The van der Waals surface area contributed by atoms with E-state index in [-0.39, 0.29) is 17.7 Å². The molecule has 5 heteroatoms. The van der Waals surface area contributed by atoms with Crippen LogP contribution in [0.1, 0.15) is 35.3 Å². The van der Waals surface area contributed by atoms with Gasteiger partial charge in [-0.15, -0.1) is 0 Å². The van der Waals surface area contributed by atoms with Gasteiger partial charge in [0, 0.05) is 36.1 Å². The standard InChI is InChI=1S/C26H27N3O2/c1-19(30)21-11-8-14-23(17-21)28-26(31)25(20-9-4-2-5-10-20)29-16-15-24(18-29)27-22-12-6-3-7-13-22/h2-14,17,24-25,27H,15-16,18H2,1H3,(H,28,31). The lowest BCUT2D eigenvalue weighted by Crippen LogP contribution is -2.37. The first kappa shape index (κ1) is 20.8. The zero-order valence-corrected chi connectivity index (χ0v) is 17.6. The normalized spacial score (nSPS) is 17.1. The van der Waals surface area contributed by atoms with Crippen molar-refractivity contribution in [1.29, 1.82) is 0 Å². The van der Waals surface area contributed by atoms with Crippen molar-refractivity contribution < 1.29 is 9.59 Å². The second-order valence-corrected chi connectivity index (χ2v) is 7.93. The van der Waals surface area contributed by atoms with E-state index in [4.69, 9.17) is 0 Å². The van der Waals surface area contributed by atoms with Gasteiger partial charge in [0.25, 0.3) is 0 Å². The molecule has 5 nitrogen and oxygen atoms in total. The van der Waals surface area contributed by atoms with Crippen LogP contribution in [0.4, 0.5) is 11.4 Å². The third-order valence-electron chi connectivity index (χ3n) is 5.63. The highest BCUT2D eigenvalue weighted by molar-refractivity contribution is 5.98. The second kappa shape index (κ2) is 9.58. The van der Waals surface area contributed by atoms with E-state index < -0.39 is 6.04 Å². The van der Waals surface area contributed by atoms with Crippen LogP contribution in [0.15, 0.2) is 84.9 Å². The molecule has 1 saturated heterocycles. The molecule has 1 aliphatic rings. The Bertz CT molecular complexity index is 1040. The monoisotopic (exact) mass is 413 g/mol. The van der Waals surface area contributed by atoms with Gasteiger partial charge >= 0.3 is 0 Å². The average molecular weight is 414 g/mol. The summed E-state index contributed by atoms with van der Waals surface area (Å²) in [6.07, 6.45) is 0.964. The van der Waals surface area contributed by atoms with Gasteiger partial charge in [-0.25, -0.2) is 0 Å². The first-order valence-corrected chi connectivity index (χ1v) is 10.6. The number of carbonyl (C=O) groups is 2. The fourth-order valence-electron chi connectivity index (χ4n) is 4.10. The van der Waals surface area contributed by atoms with E-state index >= 15 is 0 Å². The topological polar surface area (TPSA) is 61.4 Å². The van der Waals surface area contributed by atoms with Crippen LogP contribution in [0.5, 0.6) is 0 Å². The van der Waals surface area contributed by atoms with Crippen LogP contribution in [0.25, 0.3) is 0 Å². The van der Waals surface area contributed by atoms with Crippen molar-refractivity contribution in [2.24, 2.45) is 0 Å². The smallest absolute Gasteiger partial charge is 0.246 e. The lowest BCUT2D eigenvalue weighted by Gasteiger charge is -2.27. The van der Waals surface area contributed by atoms with Gasteiger partial charge in [-0.2, -0.15) is 0 Å². The molecular weight excluding hydrogens is 386 g/mol. The van der Waals surface area contributed by atoms with Crippen LogP contribution in [0.3, 0.4) is 0 Å². The van der Waals surface area contributed by atoms with Gasteiger partial charge in [0.1, 0.15) is 6.04 Å². The third-order valence-corrected chi connectivity index (χ3v) is 5.63. The largest absolute Gasteiger partial charge is 0.381 e. The van der Waals surface area contributed by atoms with Crippen molar-refractivity contribution in [1.82, 2.24) is 4.90 Å². The Morgan fingerprint density at radius 2 is 1.58 bits per heavy atom. The number of para-hydroxylation sites is 1. The predicted octanol–water partition coefficient (Wildman–Crippen LogP) is 4.76. The number of anilines is 2. The summed E-state index contributed by atoms with van der Waals surface area (Å²) in [7, 11) is 0. The Morgan fingerprint density at radius 1 is 0.903 bits per heavy atom. The minimum absolute atomic E-state index is 0.0231. The number of hydrogen-bond donors (Lipinski definition) is 2. The third kappa shape index (κ3) is 5.19. The predicted molar refractivity (Wildman–Crippen MR) is 124 cm³/mol. The molecule has 4 rings (SSSR count). The molecule has 31 heavy (non-hydrogen) atoms. The molecule has 158 valence electrons. The van der Waals surface area contributed by atoms with Crippen LogP contribution in [-0.4, -0.2) is 35.7 Å². The summed E-state index contributed by atoms with van der Waals surface area (Å²) in [6, 6.07) is 27.0. The van der Waals surface area contributed by atoms with Gasteiger partial charge in [0.05, 0.1) is 0 Å². The minimum Gasteiger partial charge on any atom is -0.381 e. The molecule has 3 aromatic carbocycles. The number of carbonyl (C=O) groups excluding carboxylic acids is 2. The SMILES string of the molecule is CC(=O)c1cccc(NC(=O)C(c2ccccc2)N2CCC(Nc3ccccc3)C2)c1. The number of likely N-dealkylation sites (tertiary alicyclic amines) is 1. The van der Waals surface area contributed by atoms with Crippen molar-refractivity contribution in [3.8, 4) is 0 Å². The highest BCUT2D eigenvalue weighted by Gasteiger charge is 2.33. The maximum atomic E-state index is 13.4. The number of hydrogen-bond acceptors (Lipinski definition) is 4. The van der Waals surface area contributed by atoms with E-state index in [0.717, 1.165) is 30.8 Å². The molecule has 3 aromatic rings. The van der Waals surface area contributed by atoms with Crippen LogP contribution in [0.2, 0.25) is 0 Å². The first-order chi connectivity index (χ1) is 15.1. The van der Waals surface area contributed by atoms with Crippen molar-refractivity contribution in [3.05, 3.63) is 96.1 Å². The highest BCUT2D eigenvalue weighted by atomic mass is 16.2. The Morgan fingerprint density at radius 3 is 2.29 bits per heavy atom. The summed E-state index contributed by atoms with van der Waals surface area (Å²) in [4.78, 5) is 27.3. The van der Waals surface area contributed by atoms with Gasteiger partial charge in [-0.1, -0.05) is 60.7 Å². The van der Waals surface area contributed by atoms with Crippen molar-refractivity contribution in [2.75, 3.05) is 23.7 Å². The molecule has 0 radical (unpaired) electrons. The zero-order chi connectivity index (χ0) is 21.6. The molecule has 2 atom stereocenters. The number of benzene rings is 3. The number of Topliss-reactive ketones (excluding diaryl/α,β-unsaturated/α-hetero) is 1. The molecule has 2 unspecified atom stereocenters. The average Bonchev–Trinajstić information content (AvgIpc) is 3.23. The summed E-state index contributed by atoms with van der Waals surface area (Å²) in [5, 5.41) is 6.60. The Hall–Kier alpha value is -3.44. The van der Waals surface area contributed by atoms with Crippen LogP contribution >= 0.6 is 0 Å². The van der Waals surface area contributed by atoms with E-state index in [1.54, 1.807) is 18.2 Å². The van der Waals surface area contributed by atoms with Gasteiger partial charge < -0.3 is 10.6 Å². The summed E-state index contributed by atoms with van der Waals surface area (Å²) in [6.45, 7) is 3.12. The number of rotatable bonds is 7. The Labute approximate surface area is 183 Å². The second-order valence-electron chi connectivity index (χ2n) is 7.93. The van der Waals surface area contributed by atoms with E-state index in [9.17, 15) is 9.59 Å². The fraction of sp³-hybridized carbons (Fsp3) is 0.231. The number of amides is 1. The summed E-state index contributed by atoms with van der Waals surface area (Å²) >= 11 is 0. The molecule has 1 fully saturated rings. The quantitative estimate of drug-likeness (QED) is 0.549. The summed E-state index contributed by atoms with van der Waals surface area (Å²) < 4.78 is 0. The molecule has 0 saturated carbocycles. The molecule has 0 aromatic heterocycles. The fourth-order valence-corrected chi connectivity index (χ4v) is 4.10. The highest BCUT2D eigenvalue weighted by Crippen LogP contribution is 2.28. The van der Waals surface area contributed by atoms with Crippen molar-refractivity contribution in [3.63, 3.8) is 0 Å². The number of nitrogens with one attached hydrogen (secondary N) is 2. The van der Waals surface area contributed by atoms with Crippen molar-refractivity contribution in [2.45, 2.75) is 25.4 Å². The van der Waals surface area contributed by atoms with Crippen molar-refractivity contribution >= 4 is 23.1 Å². The molecule has 2 N–H and O–H groups in total. The Balaban J connectivity index is 1.52. The summed E-state index contributed by atoms with van der Waals surface area (Å²) in [5.41, 5.74) is 3.28. The number of ketones is 1. The molecule has 1 heterocycles. The Kier molecular flexibility index (Phi) is 6.43. The summed E-state index contributed by atoms with van der Waals surface area (Å²) in [5.74, 6) is -0.114. The van der Waals surface area contributed by atoms with Gasteiger partial charge in [-0.3, -0.25) is 14.5 Å².